The molecule has 0 saturated carbocycles. The fourth-order valence-corrected chi connectivity index (χ4v) is 2.54. The quantitative estimate of drug-likeness (QED) is 0.795. The predicted molar refractivity (Wildman–Crippen MR) is 88.5 cm³/mol. The van der Waals surface area contributed by atoms with Crippen molar-refractivity contribution in [2.45, 2.75) is 33.4 Å². The third kappa shape index (κ3) is 4.33. The topological polar surface area (TPSA) is 33.1 Å². The van der Waals surface area contributed by atoms with E-state index >= 15 is 0 Å². The van der Waals surface area contributed by atoms with E-state index in [2.05, 4.69) is 60.6 Å². The van der Waals surface area contributed by atoms with Crippen LogP contribution in [0.2, 0.25) is 0 Å². The van der Waals surface area contributed by atoms with E-state index in [0.717, 1.165) is 26.1 Å². The Bertz CT molecular complexity index is 574. The van der Waals surface area contributed by atoms with Crippen LogP contribution in [0.1, 0.15) is 30.0 Å². The SMILES string of the molecule is CCCNCc1cc(C)ccc1N(C)Cc1cnn(C)c1. The second-order valence-electron chi connectivity index (χ2n) is 5.69. The number of hydrogen-bond donors (Lipinski definition) is 1. The highest BCUT2D eigenvalue weighted by molar-refractivity contribution is 5.54. The van der Waals surface area contributed by atoms with Crippen LogP contribution in [0, 0.1) is 6.92 Å². The Morgan fingerprint density at radius 1 is 1.33 bits per heavy atom. The molecule has 0 atom stereocenters. The molecule has 0 saturated heterocycles. The molecule has 1 aromatic heterocycles. The van der Waals surface area contributed by atoms with Gasteiger partial charge in [0, 0.05) is 44.6 Å². The standard InChI is InChI=1S/C17H26N4/c1-5-8-18-11-16-9-14(2)6-7-17(16)20(3)12-15-10-19-21(4)13-15/h6-7,9-10,13,18H,5,8,11-12H2,1-4H3. The van der Waals surface area contributed by atoms with Crippen LogP contribution >= 0.6 is 0 Å². The molecule has 0 unspecified atom stereocenters. The number of aromatic nitrogens is 2. The van der Waals surface area contributed by atoms with Crippen molar-refractivity contribution in [3.63, 3.8) is 0 Å². The van der Waals surface area contributed by atoms with E-state index in [1.165, 1.54) is 22.4 Å². The third-order valence-electron chi connectivity index (χ3n) is 3.57. The molecule has 0 aliphatic carbocycles. The van der Waals surface area contributed by atoms with Crippen LogP contribution in [-0.2, 0) is 20.1 Å². The average molecular weight is 286 g/mol. The Morgan fingerprint density at radius 3 is 2.81 bits per heavy atom. The third-order valence-corrected chi connectivity index (χ3v) is 3.57. The first-order valence-electron chi connectivity index (χ1n) is 7.59. The Labute approximate surface area is 127 Å². The highest BCUT2D eigenvalue weighted by Gasteiger charge is 2.09. The molecular weight excluding hydrogens is 260 g/mol. The molecule has 2 aromatic rings. The van der Waals surface area contributed by atoms with Gasteiger partial charge in [0.05, 0.1) is 6.20 Å². The number of nitrogens with one attached hydrogen (secondary N) is 1. The van der Waals surface area contributed by atoms with Crippen molar-refractivity contribution < 1.29 is 0 Å². The molecule has 0 aliphatic heterocycles. The fraction of sp³-hybridized carbons (Fsp3) is 0.471. The first-order valence-corrected chi connectivity index (χ1v) is 7.59. The van der Waals surface area contributed by atoms with Gasteiger partial charge in [0.2, 0.25) is 0 Å². The van der Waals surface area contributed by atoms with Gasteiger partial charge in [-0.15, -0.1) is 0 Å². The van der Waals surface area contributed by atoms with Gasteiger partial charge in [0.1, 0.15) is 0 Å². The van der Waals surface area contributed by atoms with E-state index < -0.39 is 0 Å². The fourth-order valence-electron chi connectivity index (χ4n) is 2.54. The summed E-state index contributed by atoms with van der Waals surface area (Å²) in [5.41, 5.74) is 5.18. The van der Waals surface area contributed by atoms with Crippen molar-refractivity contribution in [2.75, 3.05) is 18.5 Å². The summed E-state index contributed by atoms with van der Waals surface area (Å²) in [7, 11) is 4.09. The number of benzene rings is 1. The second kappa shape index (κ2) is 7.27. The van der Waals surface area contributed by atoms with Crippen molar-refractivity contribution in [2.24, 2.45) is 7.05 Å². The van der Waals surface area contributed by atoms with Gasteiger partial charge in [-0.3, -0.25) is 4.68 Å². The maximum Gasteiger partial charge on any atom is 0.0539 e. The summed E-state index contributed by atoms with van der Waals surface area (Å²) >= 11 is 0. The summed E-state index contributed by atoms with van der Waals surface area (Å²) in [4.78, 5) is 2.29. The number of anilines is 1. The molecule has 21 heavy (non-hydrogen) atoms. The Balaban J connectivity index is 2.12. The largest absolute Gasteiger partial charge is 0.370 e. The number of rotatable bonds is 7. The lowest BCUT2D eigenvalue weighted by atomic mass is 10.1. The Morgan fingerprint density at radius 2 is 2.14 bits per heavy atom. The number of nitrogens with zero attached hydrogens (tertiary/aromatic N) is 3. The molecule has 4 heteroatoms. The van der Waals surface area contributed by atoms with Crippen LogP contribution in [0.5, 0.6) is 0 Å². The van der Waals surface area contributed by atoms with Gasteiger partial charge in [-0.05, 0) is 31.5 Å². The van der Waals surface area contributed by atoms with E-state index in [9.17, 15) is 0 Å². The number of hydrogen-bond acceptors (Lipinski definition) is 3. The zero-order valence-corrected chi connectivity index (χ0v) is 13.6. The van der Waals surface area contributed by atoms with Gasteiger partial charge in [-0.1, -0.05) is 24.6 Å². The van der Waals surface area contributed by atoms with Crippen LogP contribution in [0.4, 0.5) is 5.69 Å². The lowest BCUT2D eigenvalue weighted by Gasteiger charge is -2.22. The highest BCUT2D eigenvalue weighted by Crippen LogP contribution is 2.22. The highest BCUT2D eigenvalue weighted by atomic mass is 15.2. The zero-order chi connectivity index (χ0) is 15.2. The van der Waals surface area contributed by atoms with Crippen LogP contribution in [0.3, 0.4) is 0 Å². The smallest absolute Gasteiger partial charge is 0.0539 e. The summed E-state index contributed by atoms with van der Waals surface area (Å²) in [5, 5.41) is 7.74. The van der Waals surface area contributed by atoms with Gasteiger partial charge in [-0.2, -0.15) is 5.10 Å². The lowest BCUT2D eigenvalue weighted by molar-refractivity contribution is 0.673. The van der Waals surface area contributed by atoms with Crippen molar-refractivity contribution in [3.05, 3.63) is 47.3 Å². The maximum atomic E-state index is 4.24. The van der Waals surface area contributed by atoms with Gasteiger partial charge in [0.25, 0.3) is 0 Å². The second-order valence-corrected chi connectivity index (χ2v) is 5.69. The Hall–Kier alpha value is -1.81. The van der Waals surface area contributed by atoms with E-state index in [-0.39, 0.29) is 0 Å². The molecule has 4 nitrogen and oxygen atoms in total. The van der Waals surface area contributed by atoms with E-state index in [1.807, 2.05) is 17.9 Å². The maximum absolute atomic E-state index is 4.24. The molecule has 1 heterocycles. The molecule has 0 amide bonds. The minimum Gasteiger partial charge on any atom is -0.370 e. The summed E-state index contributed by atoms with van der Waals surface area (Å²) in [6.45, 7) is 7.19. The summed E-state index contributed by atoms with van der Waals surface area (Å²) in [6, 6.07) is 6.67. The molecule has 0 bridgehead atoms. The average Bonchev–Trinajstić information content (AvgIpc) is 2.84. The van der Waals surface area contributed by atoms with Gasteiger partial charge >= 0.3 is 0 Å². The molecule has 0 aliphatic rings. The molecule has 0 fully saturated rings. The van der Waals surface area contributed by atoms with E-state index in [0.29, 0.717) is 0 Å². The first kappa shape index (κ1) is 15.6. The summed E-state index contributed by atoms with van der Waals surface area (Å²) in [5.74, 6) is 0. The molecule has 2 rings (SSSR count). The van der Waals surface area contributed by atoms with Crippen LogP contribution in [-0.4, -0.2) is 23.4 Å². The minimum absolute atomic E-state index is 0.873. The van der Waals surface area contributed by atoms with Crippen molar-refractivity contribution in [1.29, 1.82) is 0 Å². The van der Waals surface area contributed by atoms with Crippen LogP contribution in [0.25, 0.3) is 0 Å². The summed E-state index contributed by atoms with van der Waals surface area (Å²) < 4.78 is 1.85. The van der Waals surface area contributed by atoms with Crippen molar-refractivity contribution in [1.82, 2.24) is 15.1 Å². The minimum atomic E-state index is 0.873. The molecule has 1 N–H and O–H groups in total. The molecule has 1 aromatic carbocycles. The molecular formula is C17H26N4. The van der Waals surface area contributed by atoms with Crippen molar-refractivity contribution >= 4 is 5.69 Å². The van der Waals surface area contributed by atoms with E-state index in [1.54, 1.807) is 0 Å². The monoisotopic (exact) mass is 286 g/mol. The molecule has 114 valence electrons. The molecule has 0 radical (unpaired) electrons. The van der Waals surface area contributed by atoms with Gasteiger partial charge < -0.3 is 10.2 Å². The lowest BCUT2D eigenvalue weighted by Crippen LogP contribution is -2.21. The predicted octanol–water partition coefficient (Wildman–Crippen LogP) is 2.86. The van der Waals surface area contributed by atoms with Crippen LogP contribution in [0.15, 0.2) is 30.6 Å². The van der Waals surface area contributed by atoms with Crippen LogP contribution < -0.4 is 10.2 Å². The molecule has 0 spiro atoms. The van der Waals surface area contributed by atoms with Gasteiger partial charge in [-0.25, -0.2) is 0 Å². The van der Waals surface area contributed by atoms with Gasteiger partial charge in [0.15, 0.2) is 0 Å². The Kier molecular flexibility index (Phi) is 5.39. The first-order chi connectivity index (χ1) is 10.1. The van der Waals surface area contributed by atoms with Crippen molar-refractivity contribution in [3.8, 4) is 0 Å². The normalized spacial score (nSPS) is 10.9. The summed E-state index contributed by atoms with van der Waals surface area (Å²) in [6.07, 6.45) is 5.16. The zero-order valence-electron chi connectivity index (χ0n) is 13.6. The van der Waals surface area contributed by atoms with E-state index in [4.69, 9.17) is 0 Å². The number of aryl methyl sites for hydroxylation is 2.